The van der Waals surface area contributed by atoms with E-state index in [1.165, 1.54) is 64.0 Å². The summed E-state index contributed by atoms with van der Waals surface area (Å²) in [4.78, 5) is 2.54. The summed E-state index contributed by atoms with van der Waals surface area (Å²) in [5, 5.41) is 9.61. The van der Waals surface area contributed by atoms with Crippen molar-refractivity contribution in [3.05, 3.63) is 188 Å². The summed E-state index contributed by atoms with van der Waals surface area (Å²) in [6.07, 6.45) is 0. The van der Waals surface area contributed by atoms with Crippen LogP contribution in [-0.2, 0) is 0 Å². The summed E-state index contributed by atoms with van der Waals surface area (Å²) in [5.74, 6) is 0. The van der Waals surface area contributed by atoms with Gasteiger partial charge in [-0.1, -0.05) is 158 Å². The van der Waals surface area contributed by atoms with Gasteiger partial charge in [0, 0.05) is 31.8 Å². The van der Waals surface area contributed by atoms with Gasteiger partial charge < -0.3 is 9.32 Å². The van der Waals surface area contributed by atoms with E-state index in [0.29, 0.717) is 0 Å². The maximum Gasteiger partial charge on any atom is 0.137 e. The number of fused-ring (bicyclic) bond motifs is 9. The minimum Gasteiger partial charge on any atom is -0.456 e. The average Bonchev–Trinajstić information content (AvgIpc) is 3.81. The molecular formula is C50H31NOS. The largest absolute Gasteiger partial charge is 0.456 e. The highest BCUT2D eigenvalue weighted by molar-refractivity contribution is 7.26. The number of benzene rings is 9. The Morgan fingerprint density at radius 2 is 0.906 bits per heavy atom. The van der Waals surface area contributed by atoms with Crippen molar-refractivity contribution in [1.82, 2.24) is 0 Å². The van der Waals surface area contributed by atoms with Crippen LogP contribution in [0, 0.1) is 0 Å². The lowest BCUT2D eigenvalue weighted by molar-refractivity contribution is 0.669. The molecule has 0 fully saturated rings. The fourth-order valence-corrected chi connectivity index (χ4v) is 9.53. The molecule has 0 saturated carbocycles. The zero-order valence-electron chi connectivity index (χ0n) is 28.7. The second-order valence-corrected chi connectivity index (χ2v) is 14.6. The Morgan fingerprint density at radius 3 is 1.72 bits per heavy atom. The molecule has 0 aliphatic carbocycles. The van der Waals surface area contributed by atoms with Crippen molar-refractivity contribution >= 4 is 92.1 Å². The van der Waals surface area contributed by atoms with Crippen LogP contribution in [0.4, 0.5) is 17.1 Å². The highest BCUT2D eigenvalue weighted by atomic mass is 32.1. The summed E-state index contributed by atoms with van der Waals surface area (Å²) in [5.41, 5.74) is 9.90. The molecule has 0 N–H and O–H groups in total. The molecule has 0 aliphatic rings. The van der Waals surface area contributed by atoms with Crippen LogP contribution in [0.1, 0.15) is 0 Å². The molecule has 53 heavy (non-hydrogen) atoms. The average molecular weight is 694 g/mol. The van der Waals surface area contributed by atoms with Gasteiger partial charge in [-0.05, 0) is 63.2 Å². The van der Waals surface area contributed by atoms with Crippen LogP contribution in [-0.4, -0.2) is 0 Å². The van der Waals surface area contributed by atoms with Gasteiger partial charge in [-0.25, -0.2) is 0 Å². The molecule has 3 heteroatoms. The fraction of sp³-hybridized carbons (Fsp3) is 0. The smallest absolute Gasteiger partial charge is 0.137 e. The molecular weight excluding hydrogens is 663 g/mol. The normalized spacial score (nSPS) is 11.8. The Bertz CT molecular complexity index is 3170. The first-order valence-electron chi connectivity index (χ1n) is 18.0. The Kier molecular flexibility index (Phi) is 6.76. The molecule has 11 aromatic rings. The molecule has 9 aromatic carbocycles. The molecule has 0 radical (unpaired) electrons. The lowest BCUT2D eigenvalue weighted by Gasteiger charge is -2.31. The molecule has 0 aliphatic heterocycles. The summed E-state index contributed by atoms with van der Waals surface area (Å²) < 4.78 is 9.08. The minimum atomic E-state index is 0.871. The van der Waals surface area contributed by atoms with Gasteiger partial charge in [0.1, 0.15) is 11.2 Å². The molecule has 0 unspecified atom stereocenters. The van der Waals surface area contributed by atoms with E-state index < -0.39 is 0 Å². The first kappa shape index (κ1) is 30.0. The Balaban J connectivity index is 1.32. The Morgan fingerprint density at radius 1 is 0.358 bits per heavy atom. The number of furan rings is 1. The van der Waals surface area contributed by atoms with Crippen molar-refractivity contribution in [2.24, 2.45) is 0 Å². The SMILES string of the molecule is c1ccc(-c2ccc(-c3c(N(c4cccc5c4sc4ccccc45)c4cccc5oc6ccccc6c45)c4ccccc4c4ccccc34)cc2)cc1. The van der Waals surface area contributed by atoms with Crippen LogP contribution in [0.25, 0.3) is 85.9 Å². The summed E-state index contributed by atoms with van der Waals surface area (Å²) >= 11 is 1.86. The fourth-order valence-electron chi connectivity index (χ4n) is 8.33. The van der Waals surface area contributed by atoms with Crippen molar-refractivity contribution in [3.8, 4) is 22.3 Å². The first-order valence-corrected chi connectivity index (χ1v) is 18.8. The maximum absolute atomic E-state index is 6.55. The van der Waals surface area contributed by atoms with Gasteiger partial charge in [0.05, 0.1) is 27.1 Å². The van der Waals surface area contributed by atoms with E-state index in [0.717, 1.165) is 39.0 Å². The van der Waals surface area contributed by atoms with Crippen molar-refractivity contribution in [2.75, 3.05) is 4.90 Å². The molecule has 0 spiro atoms. The maximum atomic E-state index is 6.55. The summed E-state index contributed by atoms with van der Waals surface area (Å²) in [7, 11) is 0. The first-order chi connectivity index (χ1) is 26.3. The lowest BCUT2D eigenvalue weighted by Crippen LogP contribution is -2.13. The molecule has 2 aromatic heterocycles. The number of rotatable bonds is 5. The van der Waals surface area contributed by atoms with E-state index in [1.807, 2.05) is 17.4 Å². The predicted molar refractivity (Wildman–Crippen MR) is 227 cm³/mol. The number of hydrogen-bond donors (Lipinski definition) is 0. The zero-order valence-corrected chi connectivity index (χ0v) is 29.5. The van der Waals surface area contributed by atoms with Gasteiger partial charge >= 0.3 is 0 Å². The van der Waals surface area contributed by atoms with E-state index in [9.17, 15) is 0 Å². The number of nitrogens with zero attached hydrogens (tertiary/aromatic N) is 1. The van der Waals surface area contributed by atoms with Gasteiger partial charge in [0.2, 0.25) is 0 Å². The third-order valence-electron chi connectivity index (χ3n) is 10.7. The summed E-state index contributed by atoms with van der Waals surface area (Å²) in [6.45, 7) is 0. The molecule has 2 nitrogen and oxygen atoms in total. The third kappa shape index (κ3) is 4.64. The Labute approximate surface area is 310 Å². The monoisotopic (exact) mass is 693 g/mol. The van der Waals surface area contributed by atoms with Crippen molar-refractivity contribution in [3.63, 3.8) is 0 Å². The molecule has 0 saturated heterocycles. The third-order valence-corrected chi connectivity index (χ3v) is 11.9. The van der Waals surface area contributed by atoms with Gasteiger partial charge in [-0.15, -0.1) is 11.3 Å². The van der Waals surface area contributed by atoms with Gasteiger partial charge in [-0.3, -0.25) is 0 Å². The van der Waals surface area contributed by atoms with Crippen LogP contribution < -0.4 is 4.90 Å². The molecule has 0 amide bonds. The molecule has 2 heterocycles. The number of anilines is 3. The number of para-hydroxylation sites is 1. The van der Waals surface area contributed by atoms with Crippen LogP contribution in [0.3, 0.4) is 0 Å². The minimum absolute atomic E-state index is 0.871. The second kappa shape index (κ2) is 11.9. The van der Waals surface area contributed by atoms with E-state index >= 15 is 0 Å². The second-order valence-electron chi connectivity index (χ2n) is 13.6. The van der Waals surface area contributed by atoms with Crippen molar-refractivity contribution in [1.29, 1.82) is 0 Å². The topological polar surface area (TPSA) is 16.4 Å². The molecule has 11 rings (SSSR count). The highest BCUT2D eigenvalue weighted by Gasteiger charge is 2.28. The lowest BCUT2D eigenvalue weighted by atomic mass is 9.89. The number of hydrogen-bond acceptors (Lipinski definition) is 3. The van der Waals surface area contributed by atoms with E-state index in [1.54, 1.807) is 0 Å². The van der Waals surface area contributed by atoms with Crippen LogP contribution in [0.15, 0.2) is 192 Å². The van der Waals surface area contributed by atoms with Crippen molar-refractivity contribution < 1.29 is 4.42 Å². The quantitative estimate of drug-likeness (QED) is 0.167. The molecule has 248 valence electrons. The van der Waals surface area contributed by atoms with Crippen LogP contribution in [0.5, 0.6) is 0 Å². The van der Waals surface area contributed by atoms with Gasteiger partial charge in [-0.2, -0.15) is 0 Å². The standard InChI is InChI=1S/C50H31NOS/c1-2-14-32(15-3-1)33-28-30-34(31-29-33)47-38-19-6-4-16-35(38)36-17-5-7-20-39(36)49(47)51(42-23-13-26-45-48(42)41-21-8-10-25-44(41)52-45)43-24-12-22-40-37-18-9-11-27-46(37)53-50(40)43/h1-31H. The van der Waals surface area contributed by atoms with E-state index in [2.05, 4.69) is 187 Å². The van der Waals surface area contributed by atoms with Gasteiger partial charge in [0.25, 0.3) is 0 Å². The molecule has 0 bridgehead atoms. The highest BCUT2D eigenvalue weighted by Crippen LogP contribution is 2.54. The van der Waals surface area contributed by atoms with Crippen LogP contribution in [0.2, 0.25) is 0 Å². The number of thiophene rings is 1. The van der Waals surface area contributed by atoms with Gasteiger partial charge in [0.15, 0.2) is 0 Å². The Hall–Kier alpha value is -6.68. The van der Waals surface area contributed by atoms with Crippen LogP contribution >= 0.6 is 11.3 Å². The van der Waals surface area contributed by atoms with Crippen molar-refractivity contribution in [2.45, 2.75) is 0 Å². The summed E-state index contributed by atoms with van der Waals surface area (Å²) in [6, 6.07) is 68.0. The van der Waals surface area contributed by atoms with E-state index in [4.69, 9.17) is 4.42 Å². The predicted octanol–water partition coefficient (Wildman–Crippen LogP) is 15.1. The van der Waals surface area contributed by atoms with E-state index in [-0.39, 0.29) is 0 Å². The molecule has 0 atom stereocenters. The zero-order chi connectivity index (χ0) is 34.9.